The van der Waals surface area contributed by atoms with Gasteiger partial charge in [-0.05, 0) is 50.2 Å². The first-order chi connectivity index (χ1) is 24.0. The molecule has 50 heavy (non-hydrogen) atoms. The molecule has 0 bridgehead atoms. The maximum Gasteiger partial charge on any atom is 0.409 e. The van der Waals surface area contributed by atoms with Gasteiger partial charge in [-0.15, -0.1) is 5.48 Å². The topological polar surface area (TPSA) is 224 Å². The Morgan fingerprint density at radius 1 is 0.880 bits per heavy atom. The van der Waals surface area contributed by atoms with Crippen LogP contribution in [-0.2, 0) is 46.6 Å². The number of hydrogen-bond acceptors (Lipinski definition) is 11. The normalized spacial score (nSPS) is 19.8. The van der Waals surface area contributed by atoms with Crippen molar-refractivity contribution < 1.29 is 53.7 Å². The number of carbonyl (C=O) groups excluding carboxylic acids is 4. The molecule has 2 heterocycles. The Morgan fingerprint density at radius 3 is 2.10 bits per heavy atom. The van der Waals surface area contributed by atoms with Crippen LogP contribution in [0.1, 0.15) is 50.2 Å². The third kappa shape index (κ3) is 9.34. The van der Waals surface area contributed by atoms with Crippen LogP contribution in [0.5, 0.6) is 0 Å². The highest BCUT2D eigenvalue weighted by atomic mass is 16.7. The Hall–Kier alpha value is -5.06. The number of hydroxylamine groups is 1. The van der Waals surface area contributed by atoms with Gasteiger partial charge in [0, 0.05) is 19.6 Å². The molecule has 0 aromatic heterocycles. The fourth-order valence-corrected chi connectivity index (χ4v) is 6.29. The Morgan fingerprint density at radius 2 is 1.48 bits per heavy atom. The van der Waals surface area contributed by atoms with Gasteiger partial charge in [0.25, 0.3) is 5.91 Å². The van der Waals surface area contributed by atoms with Crippen LogP contribution in [0.3, 0.4) is 0 Å². The molecular formula is C34H43N5O11. The van der Waals surface area contributed by atoms with Gasteiger partial charge in [0.2, 0.25) is 11.6 Å². The van der Waals surface area contributed by atoms with Crippen LogP contribution in [0.4, 0.5) is 4.79 Å². The summed E-state index contributed by atoms with van der Waals surface area (Å²) < 4.78 is 5.37. The van der Waals surface area contributed by atoms with Crippen LogP contribution >= 0.6 is 0 Å². The van der Waals surface area contributed by atoms with Crippen LogP contribution in [0.25, 0.3) is 0 Å². The molecule has 2 aromatic rings. The molecule has 270 valence electrons. The highest BCUT2D eigenvalue weighted by Gasteiger charge is 2.55. The fourth-order valence-electron chi connectivity index (χ4n) is 6.29. The molecule has 3 amide bonds. The zero-order valence-corrected chi connectivity index (χ0v) is 27.7. The van der Waals surface area contributed by atoms with Crippen molar-refractivity contribution in [2.75, 3.05) is 19.6 Å². The van der Waals surface area contributed by atoms with Crippen molar-refractivity contribution in [1.82, 2.24) is 25.9 Å². The second-order valence-electron chi connectivity index (χ2n) is 12.1. The molecule has 16 nitrogen and oxygen atoms in total. The minimum atomic E-state index is -2.42. The molecule has 0 spiro atoms. The quantitative estimate of drug-likeness (QED) is 0.134. The lowest BCUT2D eigenvalue weighted by Gasteiger charge is -2.41. The van der Waals surface area contributed by atoms with E-state index >= 15 is 0 Å². The predicted molar refractivity (Wildman–Crippen MR) is 175 cm³/mol. The second kappa shape index (κ2) is 17.6. The summed E-state index contributed by atoms with van der Waals surface area (Å²) in [4.78, 5) is 86.0. The molecule has 2 aliphatic rings. The van der Waals surface area contributed by atoms with Crippen molar-refractivity contribution >= 4 is 35.8 Å². The van der Waals surface area contributed by atoms with E-state index in [9.17, 15) is 44.1 Å². The van der Waals surface area contributed by atoms with Crippen LogP contribution in [0.2, 0.25) is 0 Å². The Labute approximate surface area is 288 Å². The number of alkyl carbamates (subject to hydrolysis) is 1. The third-order valence-electron chi connectivity index (χ3n) is 8.73. The van der Waals surface area contributed by atoms with Crippen molar-refractivity contribution in [2.45, 2.75) is 81.9 Å². The average molecular weight is 698 g/mol. The molecule has 2 aromatic carbocycles. The van der Waals surface area contributed by atoms with E-state index < -0.39 is 72.1 Å². The van der Waals surface area contributed by atoms with Crippen molar-refractivity contribution in [1.29, 1.82) is 0 Å². The summed E-state index contributed by atoms with van der Waals surface area (Å²) in [5.41, 5.74) is 1.25. The van der Waals surface area contributed by atoms with Crippen molar-refractivity contribution in [3.63, 3.8) is 0 Å². The molecule has 2 fully saturated rings. The zero-order valence-electron chi connectivity index (χ0n) is 27.7. The standard InChI is InChI=1S/C34H43N5O11/c1-2-35-27(40)20-34(39-18-10-16-26(39)31(45)46,36-33(48)49-21-23-13-7-4-8-14-23)32(47)50-37-24(19-22-11-5-3-6-12-22)28(41)29(42)38-17-9-15-25(38)30(43)44/h3-8,11-14,24-26,28,37,41H,2,9-10,15-21H2,1H3,(H,35,40)(H,36,48)(H,43,44)(H,45,46)/t24-,25-,26-,28-,34-/m0/s1. The number of aliphatic hydroxyl groups excluding tert-OH is 1. The number of nitrogens with zero attached hydrogens (tertiary/aromatic N) is 2. The largest absolute Gasteiger partial charge is 0.480 e. The molecular weight excluding hydrogens is 654 g/mol. The fraction of sp³-hybridized carbons (Fsp3) is 0.471. The summed E-state index contributed by atoms with van der Waals surface area (Å²) in [6.45, 7) is 1.66. The maximum absolute atomic E-state index is 14.3. The van der Waals surface area contributed by atoms with E-state index in [4.69, 9.17) is 9.57 Å². The number of benzene rings is 2. The number of hydrogen-bond donors (Lipinski definition) is 6. The van der Waals surface area contributed by atoms with E-state index in [-0.39, 0.29) is 45.5 Å². The van der Waals surface area contributed by atoms with Crippen molar-refractivity contribution in [2.24, 2.45) is 0 Å². The molecule has 0 unspecified atom stereocenters. The Bertz CT molecular complexity index is 1510. The number of likely N-dealkylation sites (tertiary alicyclic amines) is 2. The zero-order chi connectivity index (χ0) is 36.3. The van der Waals surface area contributed by atoms with Crippen LogP contribution in [-0.4, -0.2) is 110 Å². The summed E-state index contributed by atoms with van der Waals surface area (Å²) in [5, 5.41) is 36.0. The highest BCUT2D eigenvalue weighted by Crippen LogP contribution is 2.30. The lowest BCUT2D eigenvalue weighted by atomic mass is 10.0. The maximum atomic E-state index is 14.3. The number of carboxylic acid groups (broad SMARTS) is 2. The number of aliphatic carboxylic acids is 2. The van der Waals surface area contributed by atoms with Gasteiger partial charge in [-0.25, -0.2) is 14.4 Å². The number of nitrogens with one attached hydrogen (secondary N) is 3. The first-order valence-electron chi connectivity index (χ1n) is 16.4. The summed E-state index contributed by atoms with van der Waals surface area (Å²) in [6.07, 6.45) is -2.88. The molecule has 6 N–H and O–H groups in total. The van der Waals surface area contributed by atoms with E-state index in [0.717, 1.165) is 9.80 Å². The van der Waals surface area contributed by atoms with E-state index in [2.05, 4.69) is 16.1 Å². The summed E-state index contributed by atoms with van der Waals surface area (Å²) >= 11 is 0. The predicted octanol–water partition coefficient (Wildman–Crippen LogP) is 0.780. The van der Waals surface area contributed by atoms with Gasteiger partial charge in [0.1, 0.15) is 18.7 Å². The minimum absolute atomic E-state index is 0.0233. The monoisotopic (exact) mass is 697 g/mol. The number of ether oxygens (including phenoxy) is 1. The Kier molecular flexibility index (Phi) is 13.3. The van der Waals surface area contributed by atoms with Gasteiger partial charge < -0.3 is 35.1 Å². The minimum Gasteiger partial charge on any atom is -0.480 e. The van der Waals surface area contributed by atoms with Crippen LogP contribution in [0, 0.1) is 0 Å². The number of aliphatic hydroxyl groups is 1. The molecule has 0 aliphatic carbocycles. The molecule has 16 heteroatoms. The van der Waals surface area contributed by atoms with Crippen LogP contribution < -0.4 is 16.1 Å². The van der Waals surface area contributed by atoms with Crippen molar-refractivity contribution in [3.8, 4) is 0 Å². The van der Waals surface area contributed by atoms with Gasteiger partial charge in [-0.1, -0.05) is 60.7 Å². The smallest absolute Gasteiger partial charge is 0.409 e. The van der Waals surface area contributed by atoms with Crippen LogP contribution in [0.15, 0.2) is 60.7 Å². The van der Waals surface area contributed by atoms with Gasteiger partial charge in [0.05, 0.1) is 12.5 Å². The summed E-state index contributed by atoms with van der Waals surface area (Å²) in [7, 11) is 0. The molecule has 5 atom stereocenters. The molecule has 0 radical (unpaired) electrons. The van der Waals surface area contributed by atoms with Gasteiger partial charge in [-0.3, -0.25) is 24.6 Å². The number of rotatable bonds is 16. The van der Waals surface area contributed by atoms with Gasteiger partial charge in [-0.2, -0.15) is 0 Å². The van der Waals surface area contributed by atoms with E-state index in [1.807, 2.05) is 0 Å². The van der Waals surface area contributed by atoms with E-state index in [1.165, 1.54) is 0 Å². The summed E-state index contributed by atoms with van der Waals surface area (Å²) in [6, 6.07) is 13.5. The number of carbonyl (C=O) groups is 6. The first kappa shape index (κ1) is 37.8. The number of carboxylic acids is 2. The average Bonchev–Trinajstić information content (AvgIpc) is 3.81. The Balaban J connectivity index is 1.66. The van der Waals surface area contributed by atoms with Gasteiger partial charge in [0.15, 0.2) is 6.10 Å². The molecule has 2 aliphatic heterocycles. The summed E-state index contributed by atoms with van der Waals surface area (Å²) in [5.74, 6) is -5.45. The van der Waals surface area contributed by atoms with Crippen molar-refractivity contribution in [3.05, 3.63) is 71.8 Å². The number of amides is 3. The second-order valence-corrected chi connectivity index (χ2v) is 12.1. The highest BCUT2D eigenvalue weighted by molar-refractivity contribution is 5.92. The van der Waals surface area contributed by atoms with E-state index in [0.29, 0.717) is 24.0 Å². The molecule has 0 saturated carbocycles. The molecule has 4 rings (SSSR count). The SMILES string of the molecule is CCNC(=O)C[C@@](NC(=O)OCc1ccccc1)(C(=O)ON[C@@H](Cc1ccccc1)[C@H](O)C(=O)N1CCC[C@H]1C(=O)O)N1CCC[C@H]1C(=O)O. The lowest BCUT2D eigenvalue weighted by molar-refractivity contribution is -0.178. The van der Waals surface area contributed by atoms with Gasteiger partial charge >= 0.3 is 24.0 Å². The third-order valence-corrected chi connectivity index (χ3v) is 8.73. The lowest BCUT2D eigenvalue weighted by Crippen LogP contribution is -2.70. The van der Waals surface area contributed by atoms with E-state index in [1.54, 1.807) is 67.6 Å². The first-order valence-corrected chi connectivity index (χ1v) is 16.4. The molecule has 2 saturated heterocycles.